The summed E-state index contributed by atoms with van der Waals surface area (Å²) in [4.78, 5) is 24.6. The van der Waals surface area contributed by atoms with E-state index in [0.29, 0.717) is 24.3 Å². The summed E-state index contributed by atoms with van der Waals surface area (Å²) < 4.78 is 88.7. The number of carboxylic acid groups (broad SMARTS) is 1. The number of halogens is 6. The maximum Gasteiger partial charge on any atom is 0.409 e. The van der Waals surface area contributed by atoms with E-state index in [1.165, 1.54) is 6.07 Å². The first kappa shape index (κ1) is 43.7. The van der Waals surface area contributed by atoms with Crippen LogP contribution in [0.5, 0.6) is 11.8 Å². The van der Waals surface area contributed by atoms with Crippen molar-refractivity contribution in [3.63, 3.8) is 0 Å². The van der Waals surface area contributed by atoms with E-state index in [-0.39, 0.29) is 115 Å². The molecule has 1 amide bonds. The Morgan fingerprint density at radius 2 is 1.88 bits per heavy atom. The molecule has 4 aromatic rings. The van der Waals surface area contributed by atoms with Crippen LogP contribution in [-0.4, -0.2) is 91.2 Å². The van der Waals surface area contributed by atoms with Gasteiger partial charge in [-0.3, -0.25) is 10.2 Å². The highest BCUT2D eigenvalue weighted by atomic mass is 35.5. The van der Waals surface area contributed by atoms with Crippen LogP contribution in [0.25, 0.3) is 32.1 Å². The van der Waals surface area contributed by atoms with E-state index >= 15 is 8.78 Å². The van der Waals surface area contributed by atoms with Crippen LogP contribution in [0, 0.1) is 34.4 Å². The third-order valence-electron chi connectivity index (χ3n) is 12.5. The van der Waals surface area contributed by atoms with Gasteiger partial charge in [0.25, 0.3) is 0 Å². The predicted molar refractivity (Wildman–Crippen MR) is 226 cm³/mol. The summed E-state index contributed by atoms with van der Waals surface area (Å²) >= 11 is 7.81. The summed E-state index contributed by atoms with van der Waals surface area (Å²) in [5, 5.41) is 21.2. The molecule has 0 bridgehead atoms. The van der Waals surface area contributed by atoms with Crippen LogP contribution in [-0.2, 0) is 0 Å². The largest absolute Gasteiger partial charge is 0.488 e. The van der Waals surface area contributed by atoms with Crippen LogP contribution in [0.4, 0.5) is 37.6 Å². The summed E-state index contributed by atoms with van der Waals surface area (Å²) in [5.74, 6) is 1.50. The van der Waals surface area contributed by atoms with Gasteiger partial charge in [0.15, 0.2) is 11.6 Å². The number of anilines is 2. The number of nitrogens with zero attached hydrogens (tertiary/aromatic N) is 5. The van der Waals surface area contributed by atoms with E-state index < -0.39 is 56.4 Å². The number of hydrogen-bond acceptors (Lipinski definition) is 9. The van der Waals surface area contributed by atoms with Gasteiger partial charge >= 0.3 is 12.1 Å². The van der Waals surface area contributed by atoms with Crippen LogP contribution < -0.4 is 19.7 Å². The number of nitrogens with one attached hydrogen (secondary N) is 1. The molecule has 2 aromatic heterocycles. The molecule has 10 nitrogen and oxygen atoms in total. The standard InChI is InChI=1S/C42H46ClF5N6O4SSi/c1-21(2)60(22(3)4,23(5)6)15-11-25-19-57-36-32-35(34(48)31(33(36)43)26-8-9-28(45)37-30(26)27(17-49)39(59-37)52-41(55)56)50-40(51-38(32)54(25)14-10-29(46)47)58-20-42-12-7-13-53(42)18-24(44)16-42/h8-9,21-25,29,52H,7,10,12-14,16,18-20H2,1-6H3,(H,55,56)/t24-,25+,42+/m1/s1. The second kappa shape index (κ2) is 16.8. The number of ether oxygens (including phenoxy) is 2. The molecule has 3 aliphatic rings. The number of carbonyl (C=O) groups is 1. The lowest BCUT2D eigenvalue weighted by atomic mass is 9.95. The van der Waals surface area contributed by atoms with Gasteiger partial charge in [0, 0.05) is 36.9 Å². The third kappa shape index (κ3) is 7.49. The molecular formula is C42H46ClF5N6O4SSi. The predicted octanol–water partition coefficient (Wildman–Crippen LogP) is 10.8. The Bertz CT molecular complexity index is 2430. The summed E-state index contributed by atoms with van der Waals surface area (Å²) in [5.41, 5.74) is 2.75. The van der Waals surface area contributed by atoms with Crippen LogP contribution >= 0.6 is 22.9 Å². The first-order valence-corrected chi connectivity index (χ1v) is 23.5. The third-order valence-corrected chi connectivity index (χ3v) is 20.3. The molecule has 320 valence electrons. The van der Waals surface area contributed by atoms with Crippen molar-refractivity contribution in [1.82, 2.24) is 14.9 Å². The van der Waals surface area contributed by atoms with E-state index in [4.69, 9.17) is 26.1 Å². The second-order valence-electron chi connectivity index (χ2n) is 16.8. The van der Waals surface area contributed by atoms with Crippen molar-refractivity contribution in [2.45, 2.75) is 108 Å². The van der Waals surface area contributed by atoms with E-state index in [9.17, 15) is 28.3 Å². The van der Waals surface area contributed by atoms with E-state index in [2.05, 4.69) is 63.3 Å². The number of alkyl halides is 3. The fraction of sp³-hybridized carbons (Fsp3) is 0.524. The Hall–Kier alpha value is -4.42. The lowest BCUT2D eigenvalue weighted by molar-refractivity contribution is 0.107. The van der Waals surface area contributed by atoms with Crippen LogP contribution in [0.15, 0.2) is 12.1 Å². The molecule has 5 heterocycles. The zero-order valence-electron chi connectivity index (χ0n) is 34.1. The minimum absolute atomic E-state index is 0.00159. The molecule has 60 heavy (non-hydrogen) atoms. The number of fused-ring (bicyclic) bond motifs is 2. The summed E-state index contributed by atoms with van der Waals surface area (Å²) in [7, 11) is -2.39. The van der Waals surface area contributed by atoms with Crippen molar-refractivity contribution in [1.29, 1.82) is 5.26 Å². The first-order valence-electron chi connectivity index (χ1n) is 20.0. The highest BCUT2D eigenvalue weighted by Gasteiger charge is 2.50. The number of rotatable bonds is 11. The quantitative estimate of drug-likeness (QED) is 0.0860. The molecule has 3 aliphatic heterocycles. The molecule has 0 saturated carbocycles. The van der Waals surface area contributed by atoms with E-state index in [1.807, 2.05) is 11.0 Å². The van der Waals surface area contributed by atoms with Crippen molar-refractivity contribution < 1.29 is 41.3 Å². The fourth-order valence-corrected chi connectivity index (χ4v) is 16.5. The van der Waals surface area contributed by atoms with Crippen molar-refractivity contribution in [2.24, 2.45) is 0 Å². The molecule has 7 rings (SSSR count). The maximum atomic E-state index is 17.7. The Labute approximate surface area is 355 Å². The van der Waals surface area contributed by atoms with Crippen LogP contribution in [0.1, 0.15) is 72.8 Å². The minimum Gasteiger partial charge on any atom is -0.488 e. The van der Waals surface area contributed by atoms with Crippen molar-refractivity contribution in [3.8, 4) is 40.4 Å². The topological polar surface area (TPSA) is 124 Å². The number of hydrogen-bond donors (Lipinski definition) is 2. The molecule has 0 aliphatic carbocycles. The maximum absolute atomic E-state index is 17.7. The Morgan fingerprint density at radius 3 is 2.53 bits per heavy atom. The highest BCUT2D eigenvalue weighted by molar-refractivity contribution is 7.23. The molecule has 0 spiro atoms. The number of aromatic nitrogens is 2. The molecule has 18 heteroatoms. The van der Waals surface area contributed by atoms with Gasteiger partial charge in [-0.1, -0.05) is 65.1 Å². The van der Waals surface area contributed by atoms with E-state index in [0.717, 1.165) is 12.5 Å². The lowest BCUT2D eigenvalue weighted by Crippen LogP contribution is -2.45. The van der Waals surface area contributed by atoms with Crippen molar-refractivity contribution in [2.75, 3.05) is 43.1 Å². The number of nitriles is 1. The summed E-state index contributed by atoms with van der Waals surface area (Å²) in [6, 6.07) is 3.03. The zero-order chi connectivity index (χ0) is 43.4. The number of amides is 1. The molecule has 2 N–H and O–H groups in total. The fourth-order valence-electron chi connectivity index (χ4n) is 9.86. The van der Waals surface area contributed by atoms with Crippen molar-refractivity contribution in [3.05, 3.63) is 34.4 Å². The monoisotopic (exact) mass is 888 g/mol. The van der Waals surface area contributed by atoms with Gasteiger partial charge in [0.1, 0.15) is 61.7 Å². The zero-order valence-corrected chi connectivity index (χ0v) is 36.6. The highest BCUT2D eigenvalue weighted by Crippen LogP contribution is 2.52. The molecular weight excluding hydrogens is 843 g/mol. The van der Waals surface area contributed by atoms with Gasteiger partial charge in [-0.15, -0.1) is 16.9 Å². The SMILES string of the molecule is CC(C)[Si](C#C[C@H]1COc2c(Cl)c(-c3ccc(F)c4sc(NC(=O)O)c(C#N)c34)c(F)c3nc(OC[C@@]45CCCN4C[C@H](F)C5)nc(c23)N1CCC(F)F)(C(C)C)C(C)C. The molecule has 0 radical (unpaired) electrons. The first-order chi connectivity index (χ1) is 28.4. The normalized spacial score (nSPS) is 20.5. The Balaban J connectivity index is 1.49. The summed E-state index contributed by atoms with van der Waals surface area (Å²) in [6.45, 7) is 13.3. The molecule has 2 fully saturated rings. The molecule has 3 atom stereocenters. The van der Waals surface area contributed by atoms with Gasteiger partial charge < -0.3 is 19.5 Å². The smallest absolute Gasteiger partial charge is 0.409 e. The van der Waals surface area contributed by atoms with Gasteiger partial charge in [-0.2, -0.15) is 15.2 Å². The van der Waals surface area contributed by atoms with Crippen LogP contribution in [0.3, 0.4) is 0 Å². The van der Waals surface area contributed by atoms with Crippen LogP contribution in [0.2, 0.25) is 21.6 Å². The molecule has 2 saturated heterocycles. The lowest BCUT2D eigenvalue weighted by Gasteiger charge is -2.38. The number of thiophene rings is 1. The van der Waals surface area contributed by atoms with Gasteiger partial charge in [-0.05, 0) is 47.6 Å². The van der Waals surface area contributed by atoms with Gasteiger partial charge in [-0.25, -0.2) is 26.7 Å². The average Bonchev–Trinajstić information content (AvgIpc) is 3.80. The second-order valence-corrected chi connectivity index (χ2v) is 23.7. The van der Waals surface area contributed by atoms with Gasteiger partial charge in [0.05, 0.1) is 26.2 Å². The minimum atomic E-state index is -2.71. The van der Waals surface area contributed by atoms with E-state index in [1.54, 1.807) is 4.90 Å². The Morgan fingerprint density at radius 1 is 1.17 bits per heavy atom. The average molecular weight is 889 g/mol. The number of benzene rings is 2. The Kier molecular flexibility index (Phi) is 12.2. The molecule has 2 aromatic carbocycles. The van der Waals surface area contributed by atoms with Gasteiger partial charge in [0.2, 0.25) is 6.43 Å². The molecule has 0 unspecified atom stereocenters. The summed E-state index contributed by atoms with van der Waals surface area (Å²) in [6.07, 6.45) is -4.14. The van der Waals surface area contributed by atoms with Crippen molar-refractivity contribution >= 4 is 68.9 Å².